The van der Waals surface area contributed by atoms with Gasteiger partial charge in [-0.3, -0.25) is 0 Å². The Morgan fingerprint density at radius 1 is 1.16 bits per heavy atom. The standard InChI is InChI=1S/C14H9BrF2N2/c15-10-4-5-14(9(6-10)7-18)19-8-11-12(16)2-1-3-13(11)17/h1-6,19H,8H2. The van der Waals surface area contributed by atoms with Crippen LogP contribution in [0.3, 0.4) is 0 Å². The predicted octanol–water partition coefficient (Wildman–Crippen LogP) is 4.21. The van der Waals surface area contributed by atoms with Crippen LogP contribution in [0, 0.1) is 23.0 Å². The number of hydrogen-bond donors (Lipinski definition) is 1. The molecular formula is C14H9BrF2N2. The molecule has 2 aromatic carbocycles. The zero-order valence-electron chi connectivity index (χ0n) is 9.75. The molecule has 0 unspecified atom stereocenters. The summed E-state index contributed by atoms with van der Waals surface area (Å²) in [7, 11) is 0. The Bertz CT molecular complexity index is 630. The number of benzene rings is 2. The molecule has 0 aromatic heterocycles. The lowest BCUT2D eigenvalue weighted by atomic mass is 10.1. The van der Waals surface area contributed by atoms with E-state index in [0.717, 1.165) is 4.47 Å². The fourth-order valence-electron chi connectivity index (χ4n) is 1.65. The van der Waals surface area contributed by atoms with E-state index in [1.807, 2.05) is 6.07 Å². The van der Waals surface area contributed by atoms with Gasteiger partial charge in [-0.25, -0.2) is 8.78 Å². The molecule has 0 fully saturated rings. The average molecular weight is 323 g/mol. The highest BCUT2D eigenvalue weighted by Gasteiger charge is 2.09. The first-order chi connectivity index (χ1) is 9.11. The summed E-state index contributed by atoms with van der Waals surface area (Å²) >= 11 is 3.26. The maximum atomic E-state index is 13.4. The molecule has 0 bridgehead atoms. The van der Waals surface area contributed by atoms with Crippen LogP contribution in [0.25, 0.3) is 0 Å². The highest BCUT2D eigenvalue weighted by molar-refractivity contribution is 9.10. The lowest BCUT2D eigenvalue weighted by molar-refractivity contribution is 0.560. The molecule has 0 saturated heterocycles. The second-order valence-electron chi connectivity index (χ2n) is 3.86. The minimum Gasteiger partial charge on any atom is -0.380 e. The molecule has 0 radical (unpaired) electrons. The van der Waals surface area contributed by atoms with Gasteiger partial charge in [0.05, 0.1) is 11.3 Å². The molecule has 2 rings (SSSR count). The Balaban J connectivity index is 2.22. The van der Waals surface area contributed by atoms with Crippen LogP contribution in [0.4, 0.5) is 14.5 Å². The zero-order valence-corrected chi connectivity index (χ0v) is 11.3. The maximum Gasteiger partial charge on any atom is 0.131 e. The molecule has 5 heteroatoms. The van der Waals surface area contributed by atoms with Crippen LogP contribution in [0.1, 0.15) is 11.1 Å². The Labute approximate surface area is 117 Å². The molecule has 0 atom stereocenters. The Hall–Kier alpha value is -1.93. The summed E-state index contributed by atoms with van der Waals surface area (Å²) in [5.74, 6) is -1.22. The van der Waals surface area contributed by atoms with Crippen molar-refractivity contribution in [3.05, 3.63) is 63.6 Å². The van der Waals surface area contributed by atoms with Crippen molar-refractivity contribution in [1.82, 2.24) is 0 Å². The van der Waals surface area contributed by atoms with Crippen molar-refractivity contribution in [3.63, 3.8) is 0 Å². The molecule has 0 heterocycles. The first kappa shape index (κ1) is 13.5. The first-order valence-electron chi connectivity index (χ1n) is 5.48. The fourth-order valence-corrected chi connectivity index (χ4v) is 2.01. The summed E-state index contributed by atoms with van der Waals surface area (Å²) in [5, 5.41) is 11.9. The van der Waals surface area contributed by atoms with E-state index in [0.29, 0.717) is 11.3 Å². The number of anilines is 1. The van der Waals surface area contributed by atoms with Crippen molar-refractivity contribution in [1.29, 1.82) is 5.26 Å². The lowest BCUT2D eigenvalue weighted by Gasteiger charge is -2.10. The van der Waals surface area contributed by atoms with Crippen molar-refractivity contribution >= 4 is 21.6 Å². The number of rotatable bonds is 3. The predicted molar refractivity (Wildman–Crippen MR) is 72.5 cm³/mol. The number of nitrogens with zero attached hydrogens (tertiary/aromatic N) is 1. The minimum absolute atomic E-state index is 0.0190. The van der Waals surface area contributed by atoms with Gasteiger partial charge >= 0.3 is 0 Å². The van der Waals surface area contributed by atoms with Crippen molar-refractivity contribution in [2.24, 2.45) is 0 Å². The summed E-state index contributed by atoms with van der Waals surface area (Å²) < 4.78 is 27.7. The van der Waals surface area contributed by atoms with Gasteiger partial charge in [0.2, 0.25) is 0 Å². The molecule has 0 amide bonds. The number of hydrogen-bond acceptors (Lipinski definition) is 2. The third kappa shape index (κ3) is 3.09. The van der Waals surface area contributed by atoms with Crippen molar-refractivity contribution in [2.75, 3.05) is 5.32 Å². The normalized spacial score (nSPS) is 10.0. The van der Waals surface area contributed by atoms with E-state index >= 15 is 0 Å². The summed E-state index contributed by atoms with van der Waals surface area (Å²) in [5.41, 5.74) is 0.897. The quantitative estimate of drug-likeness (QED) is 0.918. The van der Waals surface area contributed by atoms with Gasteiger partial charge in [-0.05, 0) is 30.3 Å². The first-order valence-corrected chi connectivity index (χ1v) is 6.27. The molecule has 0 aliphatic rings. The molecule has 96 valence electrons. The Kier molecular flexibility index (Phi) is 4.13. The van der Waals surface area contributed by atoms with Gasteiger partial charge in [0, 0.05) is 16.6 Å². The zero-order chi connectivity index (χ0) is 13.8. The summed E-state index contributed by atoms with van der Waals surface area (Å²) in [6.07, 6.45) is 0. The molecule has 1 N–H and O–H groups in total. The van der Waals surface area contributed by atoms with Gasteiger partial charge in [0.15, 0.2) is 0 Å². The van der Waals surface area contributed by atoms with E-state index in [2.05, 4.69) is 21.2 Å². The van der Waals surface area contributed by atoms with Gasteiger partial charge < -0.3 is 5.32 Å². The smallest absolute Gasteiger partial charge is 0.131 e. The highest BCUT2D eigenvalue weighted by atomic mass is 79.9. The van der Waals surface area contributed by atoms with Gasteiger partial charge in [-0.15, -0.1) is 0 Å². The molecule has 0 spiro atoms. The molecule has 0 aliphatic heterocycles. The summed E-state index contributed by atoms with van der Waals surface area (Å²) in [6.45, 7) is -0.0190. The van der Waals surface area contributed by atoms with E-state index in [4.69, 9.17) is 5.26 Å². The van der Waals surface area contributed by atoms with Crippen LogP contribution in [-0.4, -0.2) is 0 Å². The average Bonchev–Trinajstić information content (AvgIpc) is 2.39. The largest absolute Gasteiger partial charge is 0.380 e. The van der Waals surface area contributed by atoms with Gasteiger partial charge in [0.1, 0.15) is 17.7 Å². The van der Waals surface area contributed by atoms with Crippen molar-refractivity contribution in [3.8, 4) is 6.07 Å². The van der Waals surface area contributed by atoms with Crippen LogP contribution in [0.2, 0.25) is 0 Å². The molecular weight excluding hydrogens is 314 g/mol. The minimum atomic E-state index is -0.608. The Morgan fingerprint density at radius 3 is 2.47 bits per heavy atom. The second kappa shape index (κ2) is 5.81. The maximum absolute atomic E-state index is 13.4. The van der Waals surface area contributed by atoms with E-state index in [1.165, 1.54) is 18.2 Å². The lowest BCUT2D eigenvalue weighted by Crippen LogP contribution is -2.05. The second-order valence-corrected chi connectivity index (χ2v) is 4.77. The third-order valence-corrected chi connectivity index (χ3v) is 3.11. The molecule has 0 saturated carbocycles. The third-order valence-electron chi connectivity index (χ3n) is 2.62. The topological polar surface area (TPSA) is 35.8 Å². The van der Waals surface area contributed by atoms with Gasteiger partial charge in [0.25, 0.3) is 0 Å². The monoisotopic (exact) mass is 322 g/mol. The van der Waals surface area contributed by atoms with Crippen LogP contribution < -0.4 is 5.32 Å². The SMILES string of the molecule is N#Cc1cc(Br)ccc1NCc1c(F)cccc1F. The number of nitrogens with one attached hydrogen (secondary N) is 1. The Morgan fingerprint density at radius 2 is 1.84 bits per heavy atom. The summed E-state index contributed by atoms with van der Waals surface area (Å²) in [6, 6.07) is 10.8. The molecule has 0 aliphatic carbocycles. The molecule has 2 aromatic rings. The fraction of sp³-hybridized carbons (Fsp3) is 0.0714. The van der Waals surface area contributed by atoms with Crippen LogP contribution >= 0.6 is 15.9 Å². The highest BCUT2D eigenvalue weighted by Crippen LogP contribution is 2.22. The number of halogens is 3. The summed E-state index contributed by atoms with van der Waals surface area (Å²) in [4.78, 5) is 0. The molecule has 19 heavy (non-hydrogen) atoms. The van der Waals surface area contributed by atoms with Gasteiger partial charge in [-0.1, -0.05) is 22.0 Å². The van der Waals surface area contributed by atoms with Crippen LogP contribution in [0.15, 0.2) is 40.9 Å². The molecule has 2 nitrogen and oxygen atoms in total. The van der Waals surface area contributed by atoms with E-state index in [-0.39, 0.29) is 12.1 Å². The van der Waals surface area contributed by atoms with Crippen molar-refractivity contribution < 1.29 is 8.78 Å². The van der Waals surface area contributed by atoms with Gasteiger partial charge in [-0.2, -0.15) is 5.26 Å². The van der Waals surface area contributed by atoms with E-state index < -0.39 is 11.6 Å². The van der Waals surface area contributed by atoms with E-state index in [9.17, 15) is 8.78 Å². The van der Waals surface area contributed by atoms with Crippen LogP contribution in [0.5, 0.6) is 0 Å². The van der Waals surface area contributed by atoms with Crippen LogP contribution in [-0.2, 0) is 6.54 Å². The van der Waals surface area contributed by atoms with Crippen molar-refractivity contribution in [2.45, 2.75) is 6.54 Å². The van der Waals surface area contributed by atoms with E-state index in [1.54, 1.807) is 18.2 Å². The number of nitriles is 1.